The number of nitrogens with one attached hydrogen (secondary N) is 1. The number of aliphatic imine (C=N–C) groups is 2. The van der Waals surface area contributed by atoms with Crippen molar-refractivity contribution in [3.63, 3.8) is 0 Å². The van der Waals surface area contributed by atoms with E-state index in [2.05, 4.69) is 15.0 Å². The number of carbonyl (C=O) groups is 1. The predicted octanol–water partition coefficient (Wildman–Crippen LogP) is 2.34. The van der Waals surface area contributed by atoms with E-state index in [-0.39, 0.29) is 12.5 Å². The highest BCUT2D eigenvalue weighted by Gasteiger charge is 2.26. The van der Waals surface area contributed by atoms with E-state index in [9.17, 15) is 9.90 Å². The maximum absolute atomic E-state index is 11.9. The van der Waals surface area contributed by atoms with Crippen LogP contribution in [0.25, 0.3) is 0 Å². The van der Waals surface area contributed by atoms with Gasteiger partial charge in [0.05, 0.1) is 12.0 Å². The lowest BCUT2D eigenvalue weighted by Gasteiger charge is -2.08. The van der Waals surface area contributed by atoms with Crippen LogP contribution in [0.4, 0.5) is 0 Å². The number of nitrogens with zero attached hydrogens (tertiary/aromatic N) is 2. The second-order valence-electron chi connectivity index (χ2n) is 6.10. The van der Waals surface area contributed by atoms with Gasteiger partial charge in [0.25, 0.3) is 0 Å². The van der Waals surface area contributed by atoms with Crippen LogP contribution in [0.3, 0.4) is 0 Å². The normalized spacial score (nSPS) is 22.1. The Balaban J connectivity index is 2.12. The lowest BCUT2D eigenvalue weighted by Crippen LogP contribution is -2.07. The Kier molecular flexibility index (Phi) is 6.52. The zero-order valence-corrected chi connectivity index (χ0v) is 13.7. The van der Waals surface area contributed by atoms with Crippen molar-refractivity contribution in [1.82, 2.24) is 4.98 Å². The smallest absolute Gasteiger partial charge is 0.247 e. The van der Waals surface area contributed by atoms with E-state index in [1.54, 1.807) is 0 Å². The molecule has 0 aliphatic heterocycles. The molecule has 0 aromatic carbocycles. The summed E-state index contributed by atoms with van der Waals surface area (Å²) < 4.78 is 0. The molecule has 0 radical (unpaired) electrons. The van der Waals surface area contributed by atoms with Crippen LogP contribution in [0.15, 0.2) is 22.1 Å². The number of rotatable bonds is 6. The second-order valence-corrected chi connectivity index (χ2v) is 6.10. The second kappa shape index (κ2) is 8.62. The first-order chi connectivity index (χ1) is 11.2. The zero-order valence-electron chi connectivity index (χ0n) is 13.7. The molecule has 23 heavy (non-hydrogen) atoms. The van der Waals surface area contributed by atoms with Crippen molar-refractivity contribution in [1.29, 1.82) is 0 Å². The number of hydrogen-bond donors (Lipinski definition) is 3. The molecule has 126 valence electrons. The van der Waals surface area contributed by atoms with Gasteiger partial charge in [-0.1, -0.05) is 13.3 Å². The van der Waals surface area contributed by atoms with Crippen LogP contribution in [-0.4, -0.2) is 34.8 Å². The Labute approximate surface area is 136 Å². The molecule has 6 heteroatoms. The van der Waals surface area contributed by atoms with Crippen molar-refractivity contribution >= 4 is 18.1 Å². The summed E-state index contributed by atoms with van der Waals surface area (Å²) >= 11 is 0. The first-order valence-electron chi connectivity index (χ1n) is 8.33. The van der Waals surface area contributed by atoms with Gasteiger partial charge >= 0.3 is 0 Å². The number of carbonyl (C=O) groups excluding carboxylic acids is 1. The highest BCUT2D eigenvalue weighted by atomic mass is 16.3. The van der Waals surface area contributed by atoms with E-state index in [0.29, 0.717) is 29.8 Å². The minimum absolute atomic E-state index is 0.176. The molecule has 0 spiro atoms. The van der Waals surface area contributed by atoms with Gasteiger partial charge < -0.3 is 15.8 Å². The number of aromatic nitrogens is 1. The number of hydrogen-bond acceptors (Lipinski definition) is 2. The quantitative estimate of drug-likeness (QED) is 0.554. The number of H-pyrrole nitrogens is 1. The largest absolute Gasteiger partial charge is 0.396 e. The molecule has 0 bridgehead atoms. The number of nitrogens with two attached hydrogens (primary N) is 1. The van der Waals surface area contributed by atoms with Crippen LogP contribution < -0.4 is 5.73 Å². The number of amidine groups is 1. The Bertz CT molecular complexity index is 577. The molecule has 1 aliphatic rings. The fourth-order valence-corrected chi connectivity index (χ4v) is 3.04. The number of amides is 1. The number of aliphatic hydroxyl groups excluding tert-OH is 1. The monoisotopic (exact) mass is 318 g/mol. The van der Waals surface area contributed by atoms with Crippen LogP contribution in [0.5, 0.6) is 0 Å². The number of aromatic amines is 1. The highest BCUT2D eigenvalue weighted by Crippen LogP contribution is 2.37. The summed E-state index contributed by atoms with van der Waals surface area (Å²) in [6.45, 7) is 2.29. The summed E-state index contributed by atoms with van der Waals surface area (Å²) in [5.74, 6) is 0.957. The van der Waals surface area contributed by atoms with Crippen molar-refractivity contribution in [2.24, 2.45) is 21.6 Å². The molecule has 1 aliphatic carbocycles. The molecule has 2 unspecified atom stereocenters. The fourth-order valence-electron chi connectivity index (χ4n) is 3.04. The van der Waals surface area contributed by atoms with E-state index >= 15 is 0 Å². The van der Waals surface area contributed by atoms with Gasteiger partial charge in [0.1, 0.15) is 0 Å². The average Bonchev–Trinajstić information content (AvgIpc) is 3.21. The topological polar surface area (TPSA) is 104 Å². The lowest BCUT2D eigenvalue weighted by atomic mass is 10.0. The molecule has 2 rings (SSSR count). The molecule has 1 fully saturated rings. The van der Waals surface area contributed by atoms with Crippen LogP contribution in [0, 0.1) is 5.92 Å². The van der Waals surface area contributed by atoms with Crippen molar-refractivity contribution in [3.8, 4) is 0 Å². The van der Waals surface area contributed by atoms with E-state index < -0.39 is 0 Å². The molecule has 1 aromatic rings. The number of unbranched alkanes of at least 4 members (excludes halogenated alkanes) is 1. The van der Waals surface area contributed by atoms with Crippen LogP contribution in [0.2, 0.25) is 0 Å². The van der Waals surface area contributed by atoms with Crippen LogP contribution >= 0.6 is 0 Å². The molecular formula is C17H26N4O2. The van der Waals surface area contributed by atoms with Gasteiger partial charge in [0.2, 0.25) is 5.91 Å². The highest BCUT2D eigenvalue weighted by molar-refractivity contribution is 6.06. The predicted molar refractivity (Wildman–Crippen MR) is 91.7 cm³/mol. The van der Waals surface area contributed by atoms with Gasteiger partial charge in [-0.2, -0.15) is 4.99 Å². The van der Waals surface area contributed by atoms with Crippen molar-refractivity contribution in [2.45, 2.75) is 51.4 Å². The Morgan fingerprint density at radius 1 is 1.48 bits per heavy atom. The van der Waals surface area contributed by atoms with Gasteiger partial charge in [0, 0.05) is 18.7 Å². The minimum atomic E-state index is -0.176. The summed E-state index contributed by atoms with van der Waals surface area (Å²) in [7, 11) is 0. The minimum Gasteiger partial charge on any atom is -0.396 e. The summed E-state index contributed by atoms with van der Waals surface area (Å²) in [5, 5.41) is 9.26. The van der Waals surface area contributed by atoms with Crippen molar-refractivity contribution in [2.75, 3.05) is 6.61 Å². The van der Waals surface area contributed by atoms with Gasteiger partial charge in [0.15, 0.2) is 5.84 Å². The van der Waals surface area contributed by atoms with Crippen molar-refractivity contribution < 1.29 is 9.90 Å². The van der Waals surface area contributed by atoms with Gasteiger partial charge in [-0.05, 0) is 49.7 Å². The third kappa shape index (κ3) is 4.76. The van der Waals surface area contributed by atoms with Gasteiger partial charge in [-0.3, -0.25) is 4.79 Å². The molecule has 0 saturated heterocycles. The molecule has 1 heterocycles. The first-order valence-corrected chi connectivity index (χ1v) is 8.33. The van der Waals surface area contributed by atoms with Crippen molar-refractivity contribution in [3.05, 3.63) is 23.5 Å². The van der Waals surface area contributed by atoms with E-state index in [0.717, 1.165) is 44.1 Å². The fraction of sp³-hybridized carbons (Fsp3) is 0.588. The van der Waals surface area contributed by atoms with Gasteiger partial charge in [-0.15, -0.1) is 0 Å². The Hall–Kier alpha value is -1.95. The van der Waals surface area contributed by atoms with Crippen LogP contribution in [-0.2, 0) is 4.79 Å². The van der Waals surface area contributed by atoms with E-state index in [1.807, 2.05) is 19.1 Å². The maximum Gasteiger partial charge on any atom is 0.247 e. The van der Waals surface area contributed by atoms with E-state index in [4.69, 9.17) is 5.73 Å². The molecule has 2 atom stereocenters. The summed E-state index contributed by atoms with van der Waals surface area (Å²) in [6, 6.07) is 3.90. The third-order valence-electron chi connectivity index (χ3n) is 4.36. The Morgan fingerprint density at radius 3 is 2.96 bits per heavy atom. The van der Waals surface area contributed by atoms with Crippen LogP contribution in [0.1, 0.15) is 62.8 Å². The first kappa shape index (κ1) is 17.4. The lowest BCUT2D eigenvalue weighted by molar-refractivity contribution is -0.117. The molecular weight excluding hydrogens is 292 g/mol. The molecule has 1 saturated carbocycles. The third-order valence-corrected chi connectivity index (χ3v) is 4.36. The standard InChI is InChI=1S/C17H26N4O2/c1-2-3-4-16(23)21-17(19-11-18)15-8-7-14(20-15)13-6-5-12(9-13)10-22/h7-8,11-13,20,22H,2-6,9-10H2,1H3,(H2,18,19,21,23). The summed E-state index contributed by atoms with van der Waals surface area (Å²) in [5.41, 5.74) is 7.20. The summed E-state index contributed by atoms with van der Waals surface area (Å²) in [6.07, 6.45) is 6.45. The molecule has 1 aromatic heterocycles. The Morgan fingerprint density at radius 2 is 2.30 bits per heavy atom. The number of aliphatic hydroxyl groups is 1. The summed E-state index contributed by atoms with van der Waals surface area (Å²) in [4.78, 5) is 23.3. The molecule has 4 N–H and O–H groups in total. The SMILES string of the molecule is CCCCC(=O)N=C(N=CN)c1ccc(C2CCC(CO)C2)[nH]1. The van der Waals surface area contributed by atoms with Gasteiger partial charge in [-0.25, -0.2) is 4.99 Å². The maximum atomic E-state index is 11.9. The molecule has 1 amide bonds. The average molecular weight is 318 g/mol. The molecule has 6 nitrogen and oxygen atoms in total. The van der Waals surface area contributed by atoms with E-state index in [1.165, 1.54) is 0 Å². The zero-order chi connectivity index (χ0) is 16.7.